The topological polar surface area (TPSA) is 63.6 Å². The number of carbonyl (C=O) groups is 1. The molecule has 0 unspecified atom stereocenters. The van der Waals surface area contributed by atoms with Gasteiger partial charge in [0.1, 0.15) is 6.33 Å². The third-order valence-electron chi connectivity index (χ3n) is 2.47. The van der Waals surface area contributed by atoms with E-state index >= 15 is 0 Å². The van der Waals surface area contributed by atoms with Crippen molar-refractivity contribution in [2.75, 3.05) is 5.88 Å². The third-order valence-corrected chi connectivity index (χ3v) is 2.71. The number of halogens is 1. The number of rotatable bonds is 3. The van der Waals surface area contributed by atoms with Crippen LogP contribution in [0.15, 0.2) is 12.4 Å². The van der Waals surface area contributed by atoms with Gasteiger partial charge in [0.2, 0.25) is 5.95 Å². The number of hydrogen-bond donors (Lipinski definition) is 1. The maximum Gasteiger partial charge on any atom is 0.229 e. The molecule has 6 heteroatoms. The molecule has 0 aliphatic carbocycles. The van der Waals surface area contributed by atoms with Crippen LogP contribution in [0.1, 0.15) is 21.7 Å². The number of aromatic amines is 1. The van der Waals surface area contributed by atoms with Crippen molar-refractivity contribution in [2.24, 2.45) is 0 Å². The van der Waals surface area contributed by atoms with Crippen LogP contribution < -0.4 is 0 Å². The number of Topliss-reactive ketones (excluding diaryl/α,β-unsaturated/α-hetero) is 1. The van der Waals surface area contributed by atoms with Crippen molar-refractivity contribution in [1.29, 1.82) is 0 Å². The van der Waals surface area contributed by atoms with E-state index in [1.54, 1.807) is 0 Å². The number of hydrogen-bond acceptors (Lipinski definition) is 3. The highest BCUT2D eigenvalue weighted by Gasteiger charge is 2.16. The number of aromatic nitrogens is 4. The smallest absolute Gasteiger partial charge is 0.229 e. The zero-order valence-corrected chi connectivity index (χ0v) is 9.75. The molecule has 0 aliphatic rings. The number of nitrogens with one attached hydrogen (secondary N) is 1. The first kappa shape index (κ1) is 10.9. The maximum atomic E-state index is 11.6. The van der Waals surface area contributed by atoms with Gasteiger partial charge in [-0.05, 0) is 19.9 Å². The van der Waals surface area contributed by atoms with Crippen LogP contribution in [0.4, 0.5) is 0 Å². The second-order valence-electron chi connectivity index (χ2n) is 3.49. The number of aryl methyl sites for hydroxylation is 1. The van der Waals surface area contributed by atoms with Gasteiger partial charge in [0, 0.05) is 17.0 Å². The van der Waals surface area contributed by atoms with Gasteiger partial charge in [-0.15, -0.1) is 11.6 Å². The van der Waals surface area contributed by atoms with Gasteiger partial charge in [-0.2, -0.15) is 10.1 Å². The first-order chi connectivity index (χ1) is 7.65. The van der Waals surface area contributed by atoms with Crippen LogP contribution in [0, 0.1) is 13.8 Å². The molecule has 0 radical (unpaired) electrons. The molecule has 0 atom stereocenters. The molecule has 5 nitrogen and oxygen atoms in total. The maximum absolute atomic E-state index is 11.6. The Kier molecular flexibility index (Phi) is 2.78. The minimum Gasteiger partial charge on any atom is -0.293 e. The summed E-state index contributed by atoms with van der Waals surface area (Å²) in [6, 6.07) is 1.81. The highest BCUT2D eigenvalue weighted by atomic mass is 35.5. The fourth-order valence-corrected chi connectivity index (χ4v) is 1.89. The van der Waals surface area contributed by atoms with Crippen LogP contribution in [0.5, 0.6) is 0 Å². The van der Waals surface area contributed by atoms with Crippen LogP contribution in [-0.2, 0) is 0 Å². The molecule has 84 valence electrons. The van der Waals surface area contributed by atoms with E-state index < -0.39 is 0 Å². The molecule has 0 saturated heterocycles. The molecule has 0 fully saturated rings. The summed E-state index contributed by atoms with van der Waals surface area (Å²) >= 11 is 5.55. The zero-order valence-electron chi connectivity index (χ0n) is 8.99. The van der Waals surface area contributed by atoms with Crippen molar-refractivity contribution >= 4 is 17.4 Å². The highest BCUT2D eigenvalue weighted by molar-refractivity contribution is 6.30. The summed E-state index contributed by atoms with van der Waals surface area (Å²) in [4.78, 5) is 15.6. The van der Waals surface area contributed by atoms with Crippen molar-refractivity contribution in [1.82, 2.24) is 19.7 Å². The Bertz CT molecular complexity index is 515. The van der Waals surface area contributed by atoms with E-state index in [0.717, 1.165) is 11.4 Å². The van der Waals surface area contributed by atoms with Gasteiger partial charge < -0.3 is 0 Å². The van der Waals surface area contributed by atoms with Crippen LogP contribution in [0.2, 0.25) is 0 Å². The normalized spacial score (nSPS) is 10.7. The fourth-order valence-electron chi connectivity index (χ4n) is 1.75. The van der Waals surface area contributed by atoms with Crippen molar-refractivity contribution in [3.8, 4) is 5.95 Å². The third kappa shape index (κ3) is 1.63. The molecule has 2 aromatic rings. The first-order valence-electron chi connectivity index (χ1n) is 4.79. The highest BCUT2D eigenvalue weighted by Crippen LogP contribution is 2.18. The van der Waals surface area contributed by atoms with E-state index in [-0.39, 0.29) is 11.7 Å². The Labute approximate surface area is 97.4 Å². The van der Waals surface area contributed by atoms with Crippen molar-refractivity contribution < 1.29 is 4.79 Å². The van der Waals surface area contributed by atoms with Gasteiger partial charge >= 0.3 is 0 Å². The summed E-state index contributed by atoms with van der Waals surface area (Å²) in [5.41, 5.74) is 2.37. The van der Waals surface area contributed by atoms with E-state index in [0.29, 0.717) is 11.5 Å². The Morgan fingerprint density at radius 1 is 1.56 bits per heavy atom. The van der Waals surface area contributed by atoms with Gasteiger partial charge in [0.05, 0.1) is 5.88 Å². The Hall–Kier alpha value is -1.62. The average Bonchev–Trinajstić information content (AvgIpc) is 2.86. The molecule has 0 aromatic carbocycles. The Balaban J connectivity index is 2.56. The summed E-state index contributed by atoms with van der Waals surface area (Å²) in [6.45, 7) is 3.76. The van der Waals surface area contributed by atoms with E-state index in [1.807, 2.05) is 24.5 Å². The number of alkyl halides is 1. The van der Waals surface area contributed by atoms with Crippen molar-refractivity contribution in [3.63, 3.8) is 0 Å². The molecule has 0 spiro atoms. The largest absolute Gasteiger partial charge is 0.293 e. The standard InChI is InChI=1S/C10H11ClN4O/c1-6-3-8(9(16)4-11)7(2)15(6)10-12-5-13-14-10/h3,5H,4H2,1-2H3,(H,12,13,14). The number of ketones is 1. The Morgan fingerprint density at radius 2 is 2.31 bits per heavy atom. The van der Waals surface area contributed by atoms with E-state index in [4.69, 9.17) is 11.6 Å². The predicted molar refractivity (Wildman–Crippen MR) is 60.2 cm³/mol. The molecule has 0 bridgehead atoms. The van der Waals surface area contributed by atoms with Crippen LogP contribution in [0.25, 0.3) is 5.95 Å². The van der Waals surface area contributed by atoms with Crippen LogP contribution in [0.3, 0.4) is 0 Å². The molecule has 1 N–H and O–H groups in total. The molecule has 16 heavy (non-hydrogen) atoms. The molecular formula is C10H11ClN4O. The van der Waals surface area contributed by atoms with E-state index in [9.17, 15) is 4.79 Å². The summed E-state index contributed by atoms with van der Waals surface area (Å²) in [6.07, 6.45) is 1.43. The lowest BCUT2D eigenvalue weighted by Gasteiger charge is -2.04. The monoisotopic (exact) mass is 238 g/mol. The molecule has 0 saturated carbocycles. The van der Waals surface area contributed by atoms with Crippen LogP contribution in [-0.4, -0.2) is 31.4 Å². The number of carbonyl (C=O) groups excluding carboxylic acids is 1. The molecule has 2 rings (SSSR count). The second kappa shape index (κ2) is 4.09. The molecular weight excluding hydrogens is 228 g/mol. The lowest BCUT2D eigenvalue weighted by molar-refractivity contribution is 0.102. The summed E-state index contributed by atoms with van der Waals surface area (Å²) in [5, 5.41) is 6.55. The lowest BCUT2D eigenvalue weighted by Crippen LogP contribution is -2.05. The van der Waals surface area contributed by atoms with Gasteiger partial charge in [0.25, 0.3) is 0 Å². The average molecular weight is 239 g/mol. The Morgan fingerprint density at radius 3 is 2.88 bits per heavy atom. The van der Waals surface area contributed by atoms with Crippen LogP contribution >= 0.6 is 11.6 Å². The van der Waals surface area contributed by atoms with Gasteiger partial charge in [-0.1, -0.05) is 0 Å². The molecule has 0 amide bonds. The quantitative estimate of drug-likeness (QED) is 0.653. The minimum atomic E-state index is -0.0828. The second-order valence-corrected chi connectivity index (χ2v) is 3.75. The molecule has 2 aromatic heterocycles. The predicted octanol–water partition coefficient (Wildman–Crippen LogP) is 1.63. The minimum absolute atomic E-state index is 0.0132. The van der Waals surface area contributed by atoms with E-state index in [1.165, 1.54) is 6.33 Å². The van der Waals surface area contributed by atoms with E-state index in [2.05, 4.69) is 15.2 Å². The van der Waals surface area contributed by atoms with Gasteiger partial charge in [-0.3, -0.25) is 9.36 Å². The van der Waals surface area contributed by atoms with Crippen molar-refractivity contribution in [3.05, 3.63) is 29.3 Å². The summed E-state index contributed by atoms with van der Waals surface area (Å²) in [5.74, 6) is 0.505. The lowest BCUT2D eigenvalue weighted by atomic mass is 10.2. The summed E-state index contributed by atoms with van der Waals surface area (Å²) in [7, 11) is 0. The molecule has 2 heterocycles. The SMILES string of the molecule is Cc1cc(C(=O)CCl)c(C)n1-c1ncn[nH]1. The van der Waals surface area contributed by atoms with Gasteiger partial charge in [-0.25, -0.2) is 5.10 Å². The first-order valence-corrected chi connectivity index (χ1v) is 5.32. The zero-order chi connectivity index (χ0) is 11.7. The van der Waals surface area contributed by atoms with Crippen molar-refractivity contribution in [2.45, 2.75) is 13.8 Å². The number of H-pyrrole nitrogens is 1. The molecule has 0 aliphatic heterocycles. The summed E-state index contributed by atoms with van der Waals surface area (Å²) < 4.78 is 1.84. The van der Waals surface area contributed by atoms with Gasteiger partial charge in [0.15, 0.2) is 5.78 Å². The fraction of sp³-hybridized carbons (Fsp3) is 0.300. The number of nitrogens with zero attached hydrogens (tertiary/aromatic N) is 3.